The summed E-state index contributed by atoms with van der Waals surface area (Å²) in [5.74, 6) is 0.737. The molecule has 0 spiro atoms. The summed E-state index contributed by atoms with van der Waals surface area (Å²) in [5.41, 5.74) is 2.70. The molecular weight excluding hydrogens is 176 g/mol. The van der Waals surface area contributed by atoms with Crippen molar-refractivity contribution in [1.29, 1.82) is 0 Å². The van der Waals surface area contributed by atoms with Gasteiger partial charge in [0, 0.05) is 12.4 Å². The number of nitrogens with zero attached hydrogens (tertiary/aromatic N) is 2. The molecule has 0 N–H and O–H groups in total. The van der Waals surface area contributed by atoms with Crippen molar-refractivity contribution < 1.29 is 4.79 Å². The Morgan fingerprint density at radius 1 is 1.36 bits per heavy atom. The van der Waals surface area contributed by atoms with Gasteiger partial charge in [-0.1, -0.05) is 6.07 Å². The zero-order chi connectivity index (χ0) is 9.54. The van der Waals surface area contributed by atoms with Crippen LogP contribution in [0.25, 0.3) is 5.65 Å². The number of aldehydes is 1. The van der Waals surface area contributed by atoms with Gasteiger partial charge in [-0.15, -0.1) is 0 Å². The monoisotopic (exact) mass is 186 g/mol. The molecule has 1 saturated carbocycles. The van der Waals surface area contributed by atoms with E-state index in [0.717, 1.165) is 17.9 Å². The standard InChI is InChI=1S/C11H10N2O/c14-7-10-6-13-5-9(8-1-2-8)3-4-11(13)12-10/h3-8H,1-2H2. The molecule has 3 rings (SSSR count). The molecule has 1 aliphatic carbocycles. The molecule has 2 aromatic rings. The van der Waals surface area contributed by atoms with Gasteiger partial charge in [0.2, 0.25) is 0 Å². The summed E-state index contributed by atoms with van der Waals surface area (Å²) in [6, 6.07) is 4.08. The predicted octanol–water partition coefficient (Wildman–Crippen LogP) is 2.02. The van der Waals surface area contributed by atoms with Crippen LogP contribution < -0.4 is 0 Å². The molecule has 0 aliphatic heterocycles. The van der Waals surface area contributed by atoms with Crippen LogP contribution in [0.15, 0.2) is 24.5 Å². The molecule has 3 nitrogen and oxygen atoms in total. The lowest BCUT2D eigenvalue weighted by molar-refractivity contribution is 0.111. The fourth-order valence-electron chi connectivity index (χ4n) is 1.74. The van der Waals surface area contributed by atoms with Crippen molar-refractivity contribution in [3.63, 3.8) is 0 Å². The molecule has 70 valence electrons. The molecule has 14 heavy (non-hydrogen) atoms. The van der Waals surface area contributed by atoms with Crippen molar-refractivity contribution in [2.24, 2.45) is 0 Å². The minimum atomic E-state index is 0.498. The van der Waals surface area contributed by atoms with Gasteiger partial charge in [0.1, 0.15) is 11.3 Å². The summed E-state index contributed by atoms with van der Waals surface area (Å²) in [7, 11) is 0. The summed E-state index contributed by atoms with van der Waals surface area (Å²) in [6.07, 6.45) is 7.21. The molecule has 0 amide bonds. The van der Waals surface area contributed by atoms with Crippen molar-refractivity contribution in [1.82, 2.24) is 9.38 Å². The Bertz CT molecular complexity index is 497. The van der Waals surface area contributed by atoms with Crippen molar-refractivity contribution in [3.05, 3.63) is 35.8 Å². The summed E-state index contributed by atoms with van der Waals surface area (Å²) in [4.78, 5) is 14.7. The lowest BCUT2D eigenvalue weighted by Gasteiger charge is -1.98. The summed E-state index contributed by atoms with van der Waals surface area (Å²) in [6.45, 7) is 0. The van der Waals surface area contributed by atoms with E-state index < -0.39 is 0 Å². The maximum atomic E-state index is 10.5. The fraction of sp³-hybridized carbons (Fsp3) is 0.273. The Labute approximate surface area is 81.4 Å². The first kappa shape index (κ1) is 7.74. The maximum absolute atomic E-state index is 10.5. The van der Waals surface area contributed by atoms with E-state index in [0.29, 0.717) is 5.69 Å². The van der Waals surface area contributed by atoms with Gasteiger partial charge in [0.25, 0.3) is 0 Å². The van der Waals surface area contributed by atoms with E-state index in [1.54, 1.807) is 6.20 Å². The Morgan fingerprint density at radius 3 is 2.93 bits per heavy atom. The van der Waals surface area contributed by atoms with E-state index in [2.05, 4.69) is 17.2 Å². The number of imidazole rings is 1. The first-order valence-electron chi connectivity index (χ1n) is 4.80. The quantitative estimate of drug-likeness (QED) is 0.672. The second kappa shape index (κ2) is 2.67. The molecule has 3 heteroatoms. The van der Waals surface area contributed by atoms with Gasteiger partial charge in [-0.3, -0.25) is 4.79 Å². The summed E-state index contributed by atoms with van der Waals surface area (Å²) in [5, 5.41) is 0. The van der Waals surface area contributed by atoms with Gasteiger partial charge in [-0.2, -0.15) is 0 Å². The average Bonchev–Trinajstić information content (AvgIpc) is 2.97. The highest BCUT2D eigenvalue weighted by Crippen LogP contribution is 2.39. The zero-order valence-electron chi connectivity index (χ0n) is 7.68. The van der Waals surface area contributed by atoms with E-state index in [-0.39, 0.29) is 0 Å². The van der Waals surface area contributed by atoms with Crippen molar-refractivity contribution in [2.45, 2.75) is 18.8 Å². The van der Waals surface area contributed by atoms with Crippen LogP contribution >= 0.6 is 0 Å². The van der Waals surface area contributed by atoms with E-state index in [4.69, 9.17) is 0 Å². The topological polar surface area (TPSA) is 34.4 Å². The fourth-order valence-corrected chi connectivity index (χ4v) is 1.74. The van der Waals surface area contributed by atoms with Crippen LogP contribution in [-0.2, 0) is 0 Å². The molecular formula is C11H10N2O. The zero-order valence-corrected chi connectivity index (χ0v) is 7.68. The minimum absolute atomic E-state index is 0.498. The predicted molar refractivity (Wildman–Crippen MR) is 52.6 cm³/mol. The smallest absolute Gasteiger partial charge is 0.170 e. The summed E-state index contributed by atoms with van der Waals surface area (Å²) >= 11 is 0. The first-order valence-corrected chi connectivity index (χ1v) is 4.80. The lowest BCUT2D eigenvalue weighted by atomic mass is 10.2. The average molecular weight is 186 g/mol. The molecule has 0 aromatic carbocycles. The van der Waals surface area contributed by atoms with Gasteiger partial charge in [0.15, 0.2) is 6.29 Å². The highest BCUT2D eigenvalue weighted by atomic mass is 16.1. The Morgan fingerprint density at radius 2 is 2.21 bits per heavy atom. The SMILES string of the molecule is O=Cc1cn2cc(C3CC3)ccc2n1. The third-order valence-corrected chi connectivity index (χ3v) is 2.66. The van der Waals surface area contributed by atoms with Crippen LogP contribution in [-0.4, -0.2) is 15.7 Å². The number of pyridine rings is 1. The molecule has 2 heterocycles. The number of carbonyl (C=O) groups is 1. The second-order valence-electron chi connectivity index (χ2n) is 3.79. The van der Waals surface area contributed by atoms with Gasteiger partial charge < -0.3 is 4.40 Å². The number of fused-ring (bicyclic) bond motifs is 1. The number of carbonyl (C=O) groups excluding carboxylic acids is 1. The normalized spacial score (nSPS) is 16.0. The van der Waals surface area contributed by atoms with Crippen molar-refractivity contribution in [2.75, 3.05) is 0 Å². The van der Waals surface area contributed by atoms with Gasteiger partial charge in [-0.05, 0) is 30.4 Å². The summed E-state index contributed by atoms with van der Waals surface area (Å²) < 4.78 is 1.93. The van der Waals surface area contributed by atoms with Crippen LogP contribution in [0.3, 0.4) is 0 Å². The molecule has 0 bridgehead atoms. The van der Waals surface area contributed by atoms with Crippen molar-refractivity contribution >= 4 is 11.9 Å². The Balaban J connectivity index is 2.16. The molecule has 1 fully saturated rings. The molecule has 0 unspecified atom stereocenters. The van der Waals surface area contributed by atoms with E-state index in [1.807, 2.05) is 10.5 Å². The number of hydrogen-bond donors (Lipinski definition) is 0. The first-order chi connectivity index (χ1) is 6.86. The number of hydrogen-bond acceptors (Lipinski definition) is 2. The van der Waals surface area contributed by atoms with Crippen LogP contribution in [0.4, 0.5) is 0 Å². The molecule has 1 aliphatic rings. The Hall–Kier alpha value is -1.64. The van der Waals surface area contributed by atoms with E-state index in [9.17, 15) is 4.79 Å². The molecule has 2 aromatic heterocycles. The number of aromatic nitrogens is 2. The van der Waals surface area contributed by atoms with Gasteiger partial charge in [0.05, 0.1) is 0 Å². The molecule has 0 radical (unpaired) electrons. The largest absolute Gasteiger partial charge is 0.306 e. The van der Waals surface area contributed by atoms with Crippen LogP contribution in [0.2, 0.25) is 0 Å². The van der Waals surface area contributed by atoms with Gasteiger partial charge in [-0.25, -0.2) is 4.98 Å². The van der Waals surface area contributed by atoms with Crippen LogP contribution in [0, 0.1) is 0 Å². The highest BCUT2D eigenvalue weighted by Gasteiger charge is 2.23. The third-order valence-electron chi connectivity index (χ3n) is 2.66. The van der Waals surface area contributed by atoms with E-state index in [1.165, 1.54) is 18.4 Å². The highest BCUT2D eigenvalue weighted by molar-refractivity contribution is 5.73. The number of rotatable bonds is 2. The molecule has 0 atom stereocenters. The maximum Gasteiger partial charge on any atom is 0.170 e. The van der Waals surface area contributed by atoms with Crippen LogP contribution in [0.1, 0.15) is 34.8 Å². The molecule has 0 saturated heterocycles. The Kier molecular flexibility index (Phi) is 1.48. The second-order valence-corrected chi connectivity index (χ2v) is 3.79. The minimum Gasteiger partial charge on any atom is -0.306 e. The van der Waals surface area contributed by atoms with Crippen LogP contribution in [0.5, 0.6) is 0 Å². The third kappa shape index (κ3) is 1.13. The lowest BCUT2D eigenvalue weighted by Crippen LogP contribution is -1.86. The van der Waals surface area contributed by atoms with Gasteiger partial charge >= 0.3 is 0 Å². The van der Waals surface area contributed by atoms with Crippen molar-refractivity contribution in [3.8, 4) is 0 Å². The van der Waals surface area contributed by atoms with E-state index >= 15 is 0 Å².